The number of morpholine rings is 1. The molecular weight excluding hydrogens is 282 g/mol. The number of rotatable bonds is 2. The summed E-state index contributed by atoms with van der Waals surface area (Å²) in [6, 6.07) is 4.02. The molecule has 2 rings (SSSR count). The van der Waals surface area contributed by atoms with Gasteiger partial charge in [-0.05, 0) is 39.5 Å². The van der Waals surface area contributed by atoms with Crippen LogP contribution in [0.1, 0.15) is 37.0 Å². The van der Waals surface area contributed by atoms with Crippen molar-refractivity contribution in [3.05, 3.63) is 27.7 Å². The van der Waals surface area contributed by atoms with Crippen LogP contribution in [0.3, 0.4) is 0 Å². The molecule has 1 aromatic carbocycles. The summed E-state index contributed by atoms with van der Waals surface area (Å²) in [6.45, 7) is 6.60. The molecule has 0 aromatic heterocycles. The van der Waals surface area contributed by atoms with Crippen molar-refractivity contribution in [2.45, 2.75) is 25.9 Å². The third-order valence-corrected chi connectivity index (χ3v) is 3.66. The Kier molecular flexibility index (Phi) is 4.07. The van der Waals surface area contributed by atoms with E-state index in [1.54, 1.807) is 0 Å². The van der Waals surface area contributed by atoms with Crippen molar-refractivity contribution >= 4 is 15.9 Å². The second-order valence-corrected chi connectivity index (χ2v) is 5.51. The summed E-state index contributed by atoms with van der Waals surface area (Å²) in [6.07, 6.45) is -0.0567. The van der Waals surface area contributed by atoms with Gasteiger partial charge in [0.2, 0.25) is 0 Å². The number of aromatic hydroxyl groups is 1. The van der Waals surface area contributed by atoms with Crippen LogP contribution in [0.15, 0.2) is 16.6 Å². The minimum Gasteiger partial charge on any atom is -0.506 e. The molecule has 0 spiro atoms. The van der Waals surface area contributed by atoms with Gasteiger partial charge in [0.25, 0.3) is 0 Å². The molecule has 1 aromatic rings. The van der Waals surface area contributed by atoms with E-state index in [1.807, 2.05) is 12.1 Å². The maximum absolute atomic E-state index is 10.1. The molecule has 0 bridgehead atoms. The van der Waals surface area contributed by atoms with Crippen LogP contribution in [-0.4, -0.2) is 24.8 Å². The van der Waals surface area contributed by atoms with Gasteiger partial charge in [0, 0.05) is 18.7 Å². The Morgan fingerprint density at radius 3 is 2.82 bits per heavy atom. The summed E-state index contributed by atoms with van der Waals surface area (Å²) in [7, 11) is 0. The lowest BCUT2D eigenvalue weighted by molar-refractivity contribution is 0.0262. The molecule has 2 N–H and O–H groups in total. The van der Waals surface area contributed by atoms with Crippen LogP contribution in [0.5, 0.6) is 5.75 Å². The highest BCUT2D eigenvalue weighted by atomic mass is 79.9. The molecule has 3 nitrogen and oxygen atoms in total. The van der Waals surface area contributed by atoms with E-state index >= 15 is 0 Å². The van der Waals surface area contributed by atoms with E-state index in [2.05, 4.69) is 35.1 Å². The van der Waals surface area contributed by atoms with Gasteiger partial charge in [0.15, 0.2) is 0 Å². The summed E-state index contributed by atoms with van der Waals surface area (Å²) >= 11 is 3.41. The quantitative estimate of drug-likeness (QED) is 0.882. The van der Waals surface area contributed by atoms with Gasteiger partial charge >= 0.3 is 0 Å². The number of hydrogen-bond donors (Lipinski definition) is 2. The molecule has 1 unspecified atom stereocenters. The van der Waals surface area contributed by atoms with Gasteiger partial charge in [-0.3, -0.25) is 0 Å². The Morgan fingerprint density at radius 1 is 1.47 bits per heavy atom. The molecule has 1 aliphatic rings. The van der Waals surface area contributed by atoms with Gasteiger partial charge in [-0.25, -0.2) is 0 Å². The Morgan fingerprint density at radius 2 is 2.24 bits per heavy atom. The second kappa shape index (κ2) is 5.38. The molecular formula is C13H18BrNO2. The predicted molar refractivity (Wildman–Crippen MR) is 71.5 cm³/mol. The van der Waals surface area contributed by atoms with Crippen LogP contribution < -0.4 is 5.32 Å². The largest absolute Gasteiger partial charge is 0.506 e. The number of hydrogen-bond acceptors (Lipinski definition) is 3. The van der Waals surface area contributed by atoms with Crippen molar-refractivity contribution in [3.8, 4) is 5.75 Å². The van der Waals surface area contributed by atoms with Crippen molar-refractivity contribution in [1.29, 1.82) is 0 Å². The summed E-state index contributed by atoms with van der Waals surface area (Å²) in [5.74, 6) is 0.727. The lowest BCUT2D eigenvalue weighted by Crippen LogP contribution is -2.33. The van der Waals surface area contributed by atoms with Crippen LogP contribution >= 0.6 is 15.9 Å². The maximum atomic E-state index is 10.1. The number of phenolic OH excluding ortho intramolecular Hbond substituents is 1. The molecule has 1 fully saturated rings. The highest BCUT2D eigenvalue weighted by Gasteiger charge is 2.21. The molecule has 1 saturated heterocycles. The van der Waals surface area contributed by atoms with Crippen LogP contribution in [0.4, 0.5) is 0 Å². The Balaban J connectivity index is 2.36. The standard InChI is InChI=1S/C13H18BrNO2/c1-8(2)9-5-10(13(16)11(14)6-9)12-7-15-3-4-17-12/h5-6,8,12,15-16H,3-4,7H2,1-2H3. The third kappa shape index (κ3) is 2.81. The first-order valence-electron chi connectivity index (χ1n) is 5.94. The fourth-order valence-corrected chi connectivity index (χ4v) is 2.48. The molecule has 0 aliphatic carbocycles. The summed E-state index contributed by atoms with van der Waals surface area (Å²) in [4.78, 5) is 0. The number of benzene rings is 1. The predicted octanol–water partition coefficient (Wildman–Crippen LogP) is 2.94. The number of phenols is 1. The smallest absolute Gasteiger partial charge is 0.135 e. The molecule has 1 heterocycles. The number of nitrogens with one attached hydrogen (secondary N) is 1. The average Bonchev–Trinajstić information content (AvgIpc) is 2.33. The van der Waals surface area contributed by atoms with Gasteiger partial charge in [0.05, 0.1) is 17.2 Å². The highest BCUT2D eigenvalue weighted by Crippen LogP contribution is 2.36. The Labute approximate surface area is 110 Å². The normalized spacial score (nSPS) is 20.8. The van der Waals surface area contributed by atoms with Gasteiger partial charge in [-0.15, -0.1) is 0 Å². The first kappa shape index (κ1) is 12.9. The summed E-state index contributed by atoms with van der Waals surface area (Å²) < 4.78 is 6.43. The first-order valence-corrected chi connectivity index (χ1v) is 6.73. The van der Waals surface area contributed by atoms with Gasteiger partial charge in [0.1, 0.15) is 5.75 Å². The van der Waals surface area contributed by atoms with Gasteiger partial charge in [-0.2, -0.15) is 0 Å². The van der Waals surface area contributed by atoms with E-state index in [0.29, 0.717) is 18.3 Å². The van der Waals surface area contributed by atoms with Crippen molar-refractivity contribution < 1.29 is 9.84 Å². The number of ether oxygens (including phenoxy) is 1. The minimum atomic E-state index is -0.0567. The molecule has 0 amide bonds. The topological polar surface area (TPSA) is 41.5 Å². The SMILES string of the molecule is CC(C)c1cc(Br)c(O)c(C2CNCCO2)c1. The molecule has 1 aliphatic heterocycles. The van der Waals surface area contributed by atoms with E-state index in [0.717, 1.165) is 23.1 Å². The molecule has 0 radical (unpaired) electrons. The fraction of sp³-hybridized carbons (Fsp3) is 0.538. The molecule has 94 valence electrons. The minimum absolute atomic E-state index is 0.0567. The van der Waals surface area contributed by atoms with E-state index in [4.69, 9.17) is 4.74 Å². The van der Waals surface area contributed by atoms with Crippen LogP contribution in [-0.2, 0) is 4.74 Å². The van der Waals surface area contributed by atoms with Crippen molar-refractivity contribution in [2.75, 3.05) is 19.7 Å². The lowest BCUT2D eigenvalue weighted by atomic mass is 9.97. The first-order chi connectivity index (χ1) is 8.09. The van der Waals surface area contributed by atoms with E-state index < -0.39 is 0 Å². The molecule has 1 atom stereocenters. The van der Waals surface area contributed by atoms with E-state index in [9.17, 15) is 5.11 Å². The van der Waals surface area contributed by atoms with Crippen molar-refractivity contribution in [1.82, 2.24) is 5.32 Å². The lowest BCUT2D eigenvalue weighted by Gasteiger charge is -2.25. The summed E-state index contributed by atoms with van der Waals surface area (Å²) in [5, 5.41) is 13.4. The van der Waals surface area contributed by atoms with Gasteiger partial charge < -0.3 is 15.2 Å². The molecule has 17 heavy (non-hydrogen) atoms. The van der Waals surface area contributed by atoms with Gasteiger partial charge in [-0.1, -0.05) is 13.8 Å². The van der Waals surface area contributed by atoms with Crippen LogP contribution in [0.25, 0.3) is 0 Å². The number of halogens is 1. The van der Waals surface area contributed by atoms with Crippen molar-refractivity contribution in [3.63, 3.8) is 0 Å². The van der Waals surface area contributed by atoms with Crippen LogP contribution in [0, 0.1) is 0 Å². The zero-order chi connectivity index (χ0) is 12.4. The van der Waals surface area contributed by atoms with E-state index in [-0.39, 0.29) is 6.10 Å². The molecule has 4 heteroatoms. The Hall–Kier alpha value is -0.580. The zero-order valence-corrected chi connectivity index (χ0v) is 11.8. The average molecular weight is 300 g/mol. The van der Waals surface area contributed by atoms with E-state index in [1.165, 1.54) is 5.56 Å². The van der Waals surface area contributed by atoms with Crippen molar-refractivity contribution in [2.24, 2.45) is 0 Å². The highest BCUT2D eigenvalue weighted by molar-refractivity contribution is 9.10. The summed E-state index contributed by atoms with van der Waals surface area (Å²) in [5.41, 5.74) is 2.08. The molecule has 0 saturated carbocycles. The Bertz CT molecular complexity index is 401. The monoisotopic (exact) mass is 299 g/mol. The third-order valence-electron chi connectivity index (χ3n) is 3.06. The maximum Gasteiger partial charge on any atom is 0.135 e. The van der Waals surface area contributed by atoms with Crippen LogP contribution in [0.2, 0.25) is 0 Å². The second-order valence-electron chi connectivity index (χ2n) is 4.66. The fourth-order valence-electron chi connectivity index (χ4n) is 1.99. The zero-order valence-electron chi connectivity index (χ0n) is 10.2.